The smallest absolute Gasteiger partial charge is 0.161 e. The Morgan fingerprint density at radius 2 is 1.66 bits per heavy atom. The zero-order chi connectivity index (χ0) is 22.2. The first-order valence-electron chi connectivity index (χ1n) is 9.63. The van der Waals surface area contributed by atoms with Crippen LogP contribution in [-0.4, -0.2) is 35.6 Å². The summed E-state index contributed by atoms with van der Waals surface area (Å²) in [5.41, 5.74) is -0.418. The third kappa shape index (κ3) is 6.80. The summed E-state index contributed by atoms with van der Waals surface area (Å²) in [7, 11) is 0. The van der Waals surface area contributed by atoms with Gasteiger partial charge in [0.15, 0.2) is 11.6 Å². The number of allylic oxidation sites excluding steroid dienone is 1. The van der Waals surface area contributed by atoms with Gasteiger partial charge in [0.2, 0.25) is 0 Å². The average Bonchev–Trinajstić information content (AvgIpc) is 2.67. The fourth-order valence-corrected chi connectivity index (χ4v) is 3.06. The van der Waals surface area contributed by atoms with E-state index in [1.807, 2.05) is 0 Å². The van der Waals surface area contributed by atoms with E-state index >= 15 is 0 Å². The second kappa shape index (κ2) is 10.9. The molecule has 1 aliphatic rings. The van der Waals surface area contributed by atoms with Crippen molar-refractivity contribution in [1.82, 2.24) is 4.90 Å². The Balaban J connectivity index is 0.000000296. The summed E-state index contributed by atoms with van der Waals surface area (Å²) in [5.74, 6) is 2.75. The van der Waals surface area contributed by atoms with Gasteiger partial charge in [0.25, 0.3) is 0 Å². The molecule has 162 valence electrons. The van der Waals surface area contributed by atoms with Crippen LogP contribution in [0.1, 0.15) is 58.9 Å². The fraction of sp³-hybridized carbons (Fsp3) is 0.524. The molecule has 1 aromatic carbocycles. The molecule has 0 unspecified atom stereocenters. The minimum atomic E-state index is -1.29. The number of likely N-dealkylation sites (tertiary alicyclic amines) is 1. The van der Waals surface area contributed by atoms with Crippen molar-refractivity contribution in [1.29, 1.82) is 0 Å². The number of nitrogens with zero attached hydrogens (tertiary/aromatic N) is 3. The standard InChI is InChI=1S/C11H10F3NO.C10H21N3/c1-3-10(16)11(15-2)6-4-8(13)9(14)5-7(6)12;1-10(2,3)9(12-11)13-7-5-4-6-8-13/h4-5,16H,2-3H2,1H3;4-8,11H2,1-3H3/b11-10-;12-9-. The van der Waals surface area contributed by atoms with Gasteiger partial charge in [-0.2, -0.15) is 5.10 Å². The lowest BCUT2D eigenvalue weighted by molar-refractivity contribution is 0.311. The number of aliphatic hydroxyl groups is 1. The highest BCUT2D eigenvalue weighted by Gasteiger charge is 2.25. The molecule has 1 fully saturated rings. The quantitative estimate of drug-likeness (QED) is 0.178. The average molecular weight is 413 g/mol. The maximum absolute atomic E-state index is 13.3. The van der Waals surface area contributed by atoms with Crippen molar-refractivity contribution in [3.05, 3.63) is 40.9 Å². The molecule has 0 bridgehead atoms. The minimum absolute atomic E-state index is 0.0755. The number of hydrogen-bond acceptors (Lipinski definition) is 4. The predicted octanol–water partition coefficient (Wildman–Crippen LogP) is 5.23. The first-order chi connectivity index (χ1) is 13.6. The number of aliphatic imine (C=N–C) groups is 1. The second-order valence-corrected chi connectivity index (χ2v) is 7.80. The van der Waals surface area contributed by atoms with Crippen LogP contribution in [0.4, 0.5) is 13.2 Å². The number of halogens is 3. The van der Waals surface area contributed by atoms with Gasteiger partial charge in [0.1, 0.15) is 23.1 Å². The molecule has 3 N–H and O–H groups in total. The molecular formula is C21H31F3N4O. The molecule has 1 saturated heterocycles. The van der Waals surface area contributed by atoms with Gasteiger partial charge < -0.3 is 15.8 Å². The number of amidine groups is 1. The molecule has 8 heteroatoms. The third-order valence-corrected chi connectivity index (χ3v) is 4.48. The maximum Gasteiger partial charge on any atom is 0.161 e. The predicted molar refractivity (Wildman–Crippen MR) is 112 cm³/mol. The van der Waals surface area contributed by atoms with E-state index in [1.165, 1.54) is 19.3 Å². The van der Waals surface area contributed by atoms with Crippen molar-refractivity contribution < 1.29 is 18.3 Å². The van der Waals surface area contributed by atoms with E-state index in [1.54, 1.807) is 6.92 Å². The lowest BCUT2D eigenvalue weighted by Gasteiger charge is -2.35. The first-order valence-corrected chi connectivity index (χ1v) is 9.63. The van der Waals surface area contributed by atoms with E-state index in [4.69, 9.17) is 5.84 Å². The summed E-state index contributed by atoms with van der Waals surface area (Å²) in [6, 6.07) is 1.04. The van der Waals surface area contributed by atoms with Crippen molar-refractivity contribution >= 4 is 18.3 Å². The normalized spacial score (nSPS) is 16.0. The zero-order valence-electron chi connectivity index (χ0n) is 17.6. The summed E-state index contributed by atoms with van der Waals surface area (Å²) in [4.78, 5) is 5.73. The first kappa shape index (κ1) is 24.5. The Morgan fingerprint density at radius 3 is 2.10 bits per heavy atom. The van der Waals surface area contributed by atoms with Gasteiger partial charge in [-0.1, -0.05) is 27.7 Å². The highest BCUT2D eigenvalue weighted by molar-refractivity contribution is 5.87. The topological polar surface area (TPSA) is 74.2 Å². The Morgan fingerprint density at radius 1 is 1.10 bits per heavy atom. The van der Waals surface area contributed by atoms with Gasteiger partial charge in [-0.3, -0.25) is 4.99 Å². The number of benzene rings is 1. The molecule has 0 aromatic heterocycles. The van der Waals surface area contributed by atoms with Crippen molar-refractivity contribution in [2.24, 2.45) is 21.4 Å². The molecule has 0 spiro atoms. The monoisotopic (exact) mass is 412 g/mol. The van der Waals surface area contributed by atoms with E-state index in [2.05, 4.69) is 42.5 Å². The van der Waals surface area contributed by atoms with Crippen molar-refractivity contribution in [3.63, 3.8) is 0 Å². The fourth-order valence-electron chi connectivity index (χ4n) is 3.06. The number of aliphatic hydroxyl groups excluding tert-OH is 1. The van der Waals surface area contributed by atoms with Crippen LogP contribution in [-0.2, 0) is 0 Å². The Labute approximate surface area is 170 Å². The summed E-state index contributed by atoms with van der Waals surface area (Å²) in [6.45, 7) is 13.5. The van der Waals surface area contributed by atoms with Crippen molar-refractivity contribution in [2.45, 2.75) is 53.4 Å². The molecule has 2 rings (SSSR count). The van der Waals surface area contributed by atoms with Gasteiger partial charge in [0.05, 0.1) is 0 Å². The molecule has 0 saturated carbocycles. The highest BCUT2D eigenvalue weighted by atomic mass is 19.2. The Bertz CT molecular complexity index is 764. The van der Waals surface area contributed by atoms with Crippen molar-refractivity contribution in [2.75, 3.05) is 13.1 Å². The van der Waals surface area contributed by atoms with Gasteiger partial charge in [-0.15, -0.1) is 0 Å². The van der Waals surface area contributed by atoms with Crippen LogP contribution in [0.3, 0.4) is 0 Å². The summed E-state index contributed by atoms with van der Waals surface area (Å²) < 4.78 is 38.9. The van der Waals surface area contributed by atoms with Crippen LogP contribution in [0.15, 0.2) is 28.0 Å². The molecule has 1 heterocycles. The van der Waals surface area contributed by atoms with E-state index in [0.29, 0.717) is 12.1 Å². The molecule has 29 heavy (non-hydrogen) atoms. The molecule has 0 aliphatic carbocycles. The maximum atomic E-state index is 13.3. The van der Waals surface area contributed by atoms with Gasteiger partial charge in [-0.05, 0) is 32.0 Å². The largest absolute Gasteiger partial charge is 0.510 e. The lowest BCUT2D eigenvalue weighted by atomic mass is 9.93. The van der Waals surface area contributed by atoms with Gasteiger partial charge in [0, 0.05) is 36.6 Å². The van der Waals surface area contributed by atoms with Crippen molar-refractivity contribution in [3.8, 4) is 0 Å². The summed E-state index contributed by atoms with van der Waals surface area (Å²) in [5, 5.41) is 13.3. The molecular weight excluding hydrogens is 381 g/mol. The van der Waals surface area contributed by atoms with E-state index < -0.39 is 17.5 Å². The minimum Gasteiger partial charge on any atom is -0.510 e. The summed E-state index contributed by atoms with van der Waals surface area (Å²) >= 11 is 0. The number of hydrazone groups is 1. The third-order valence-electron chi connectivity index (χ3n) is 4.48. The molecule has 5 nitrogen and oxygen atoms in total. The van der Waals surface area contributed by atoms with Crippen LogP contribution in [0, 0.1) is 22.9 Å². The van der Waals surface area contributed by atoms with E-state index in [0.717, 1.165) is 18.9 Å². The van der Waals surface area contributed by atoms with Crippen LogP contribution in [0.25, 0.3) is 5.70 Å². The van der Waals surface area contributed by atoms with E-state index in [-0.39, 0.29) is 28.9 Å². The highest BCUT2D eigenvalue weighted by Crippen LogP contribution is 2.25. The van der Waals surface area contributed by atoms with E-state index in [9.17, 15) is 18.3 Å². The van der Waals surface area contributed by atoms with Crippen LogP contribution in [0.2, 0.25) is 0 Å². The Kier molecular flexibility index (Phi) is 9.20. The van der Waals surface area contributed by atoms with Crippen LogP contribution in [0.5, 0.6) is 0 Å². The SMILES string of the molecule is C=N/C(=C(\O)CC)c1cc(F)c(F)cc1F.CC(C)(C)/C(=N/N)N1CCCCC1. The van der Waals surface area contributed by atoms with Gasteiger partial charge in [-0.25, -0.2) is 13.2 Å². The molecule has 1 aliphatic heterocycles. The number of nitrogens with two attached hydrogens (primary N) is 1. The van der Waals surface area contributed by atoms with Gasteiger partial charge >= 0.3 is 0 Å². The molecule has 0 radical (unpaired) electrons. The number of rotatable bonds is 3. The molecule has 0 atom stereocenters. The van der Waals surface area contributed by atoms with Crippen LogP contribution >= 0.6 is 0 Å². The second-order valence-electron chi connectivity index (χ2n) is 7.80. The lowest BCUT2D eigenvalue weighted by Crippen LogP contribution is -2.43. The molecule has 0 amide bonds. The Hall–Kier alpha value is -2.51. The number of hydrogen-bond donors (Lipinski definition) is 2. The van der Waals surface area contributed by atoms with Crippen LogP contribution < -0.4 is 5.84 Å². The molecule has 1 aromatic rings. The zero-order valence-corrected chi connectivity index (χ0v) is 17.6. The summed E-state index contributed by atoms with van der Waals surface area (Å²) in [6.07, 6.45) is 4.08. The number of piperidine rings is 1.